The number of nitrogens with one attached hydrogen (secondary N) is 1. The fourth-order valence-corrected chi connectivity index (χ4v) is 3.45. The number of piperazine rings is 1. The van der Waals surface area contributed by atoms with E-state index in [1.165, 1.54) is 4.31 Å². The Morgan fingerprint density at radius 1 is 1.20 bits per heavy atom. The van der Waals surface area contributed by atoms with Crippen molar-refractivity contribution >= 4 is 21.8 Å². The summed E-state index contributed by atoms with van der Waals surface area (Å²) in [4.78, 5) is 24.3. The molecule has 0 aromatic carbocycles. The monoisotopic (exact) mass is 306 g/mol. The Morgan fingerprint density at radius 3 is 2.30 bits per heavy atom. The lowest BCUT2D eigenvalue weighted by molar-refractivity contribution is -0.133. The fourth-order valence-electron chi connectivity index (χ4n) is 1.96. The first-order chi connectivity index (χ1) is 9.40. The molecule has 0 radical (unpaired) electrons. The van der Waals surface area contributed by atoms with Gasteiger partial charge >= 0.3 is 0 Å². The van der Waals surface area contributed by atoms with Gasteiger partial charge in [0.15, 0.2) is 0 Å². The van der Waals surface area contributed by atoms with Gasteiger partial charge in [0.05, 0.1) is 18.8 Å². The predicted octanol–water partition coefficient (Wildman–Crippen LogP) is -2.05. The molecule has 20 heavy (non-hydrogen) atoms. The molecule has 2 amide bonds. The summed E-state index contributed by atoms with van der Waals surface area (Å²) in [6.07, 6.45) is 0.576. The molecule has 0 unspecified atom stereocenters. The molecule has 0 atom stereocenters. The van der Waals surface area contributed by atoms with Crippen molar-refractivity contribution < 1.29 is 18.0 Å². The number of sulfonamides is 1. The van der Waals surface area contributed by atoms with Crippen LogP contribution in [-0.2, 0) is 19.6 Å². The minimum absolute atomic E-state index is 0.0995. The van der Waals surface area contributed by atoms with Crippen molar-refractivity contribution in [3.8, 4) is 0 Å². The maximum Gasteiger partial charge on any atom is 0.242 e. The summed E-state index contributed by atoms with van der Waals surface area (Å²) in [6, 6.07) is 0. The highest BCUT2D eigenvalue weighted by atomic mass is 32.2. The normalized spacial score (nSPS) is 17.0. The highest BCUT2D eigenvalue weighted by Gasteiger charge is 2.27. The Hall–Kier alpha value is -1.19. The third-order valence-electron chi connectivity index (χ3n) is 3.07. The van der Waals surface area contributed by atoms with Crippen molar-refractivity contribution in [2.75, 3.05) is 45.0 Å². The molecule has 1 aliphatic rings. The van der Waals surface area contributed by atoms with E-state index < -0.39 is 10.0 Å². The molecule has 0 bridgehead atoms. The van der Waals surface area contributed by atoms with E-state index in [9.17, 15) is 18.0 Å². The van der Waals surface area contributed by atoms with Gasteiger partial charge in [0.25, 0.3) is 0 Å². The van der Waals surface area contributed by atoms with Gasteiger partial charge in [-0.1, -0.05) is 6.92 Å². The molecule has 0 aromatic rings. The minimum Gasteiger partial charge on any atom is -0.346 e. The van der Waals surface area contributed by atoms with E-state index in [0.717, 1.165) is 0 Å². The van der Waals surface area contributed by atoms with Gasteiger partial charge in [0.1, 0.15) is 0 Å². The van der Waals surface area contributed by atoms with Gasteiger partial charge in [0.2, 0.25) is 21.8 Å². The van der Waals surface area contributed by atoms with Gasteiger partial charge < -0.3 is 16.0 Å². The van der Waals surface area contributed by atoms with Crippen LogP contribution in [0.2, 0.25) is 0 Å². The third kappa shape index (κ3) is 4.73. The maximum absolute atomic E-state index is 11.9. The Kier molecular flexibility index (Phi) is 6.37. The zero-order valence-corrected chi connectivity index (χ0v) is 12.5. The van der Waals surface area contributed by atoms with E-state index in [4.69, 9.17) is 5.73 Å². The molecule has 1 heterocycles. The number of nitrogens with zero attached hydrogens (tertiary/aromatic N) is 2. The van der Waals surface area contributed by atoms with Crippen LogP contribution in [0.1, 0.15) is 13.3 Å². The summed E-state index contributed by atoms with van der Waals surface area (Å²) in [5.74, 6) is -0.477. The van der Waals surface area contributed by atoms with Gasteiger partial charge in [0, 0.05) is 26.2 Å². The van der Waals surface area contributed by atoms with Crippen molar-refractivity contribution in [1.29, 1.82) is 0 Å². The lowest BCUT2D eigenvalue weighted by atomic mass is 10.3. The highest BCUT2D eigenvalue weighted by Crippen LogP contribution is 2.09. The summed E-state index contributed by atoms with van der Waals surface area (Å²) < 4.78 is 25.2. The van der Waals surface area contributed by atoms with Gasteiger partial charge in [-0.15, -0.1) is 0 Å². The van der Waals surface area contributed by atoms with Crippen LogP contribution in [-0.4, -0.2) is 74.5 Å². The Labute approximate surface area is 119 Å². The van der Waals surface area contributed by atoms with Crippen LogP contribution in [0.15, 0.2) is 0 Å². The van der Waals surface area contributed by atoms with Crippen LogP contribution < -0.4 is 11.1 Å². The molecule has 0 spiro atoms. The summed E-state index contributed by atoms with van der Waals surface area (Å²) in [5.41, 5.74) is 5.12. The average Bonchev–Trinajstić information content (AvgIpc) is 2.44. The van der Waals surface area contributed by atoms with Crippen LogP contribution in [0.4, 0.5) is 0 Å². The molecule has 1 aliphatic heterocycles. The molecule has 1 fully saturated rings. The number of hydrogen-bond acceptors (Lipinski definition) is 5. The van der Waals surface area contributed by atoms with Crippen LogP contribution in [0.25, 0.3) is 0 Å². The number of amides is 2. The molecule has 1 rings (SSSR count). The van der Waals surface area contributed by atoms with E-state index in [0.29, 0.717) is 32.6 Å². The van der Waals surface area contributed by atoms with Crippen LogP contribution in [0, 0.1) is 0 Å². The second-order valence-corrected chi connectivity index (χ2v) is 6.67. The van der Waals surface area contributed by atoms with Crippen molar-refractivity contribution in [3.05, 3.63) is 0 Å². The Bertz CT molecular complexity index is 443. The quantitative estimate of drug-likeness (QED) is 0.586. The number of rotatable bonds is 6. The van der Waals surface area contributed by atoms with Gasteiger partial charge in [-0.3, -0.25) is 9.59 Å². The van der Waals surface area contributed by atoms with Crippen molar-refractivity contribution in [2.24, 2.45) is 5.73 Å². The molecule has 116 valence electrons. The molecule has 8 nitrogen and oxygen atoms in total. The second kappa shape index (κ2) is 7.55. The first-order valence-electron chi connectivity index (χ1n) is 6.63. The number of nitrogens with two attached hydrogens (primary N) is 1. The fraction of sp³-hybridized carbons (Fsp3) is 0.818. The van der Waals surface area contributed by atoms with E-state index in [-0.39, 0.29) is 30.7 Å². The summed E-state index contributed by atoms with van der Waals surface area (Å²) in [7, 11) is -3.20. The van der Waals surface area contributed by atoms with Crippen molar-refractivity contribution in [2.45, 2.75) is 13.3 Å². The first kappa shape index (κ1) is 16.9. The summed E-state index contributed by atoms with van der Waals surface area (Å²) in [5, 5.41) is 2.40. The second-order valence-electron chi connectivity index (χ2n) is 4.58. The zero-order chi connectivity index (χ0) is 15.2. The lowest BCUT2D eigenvalue weighted by Crippen LogP contribution is -2.53. The van der Waals surface area contributed by atoms with E-state index in [1.807, 2.05) is 6.92 Å². The van der Waals surface area contributed by atoms with Crippen LogP contribution in [0.5, 0.6) is 0 Å². The van der Waals surface area contributed by atoms with Crippen molar-refractivity contribution in [1.82, 2.24) is 14.5 Å². The standard InChI is InChI=1S/C11H22N4O4S/c1-2-7-20(18,19)15-5-3-14(4-6-15)11(17)9-13-10(16)8-12/h2-9,12H2,1H3,(H,13,16). The molecule has 0 aliphatic carbocycles. The molecule has 1 saturated heterocycles. The molecule has 3 N–H and O–H groups in total. The van der Waals surface area contributed by atoms with Crippen LogP contribution >= 0.6 is 0 Å². The first-order valence-corrected chi connectivity index (χ1v) is 8.24. The summed E-state index contributed by atoms with van der Waals surface area (Å²) >= 11 is 0. The lowest BCUT2D eigenvalue weighted by Gasteiger charge is -2.34. The molecule has 0 saturated carbocycles. The topological polar surface area (TPSA) is 113 Å². The maximum atomic E-state index is 11.9. The van der Waals surface area contributed by atoms with Gasteiger partial charge in [-0.05, 0) is 6.42 Å². The predicted molar refractivity (Wildman–Crippen MR) is 74.3 cm³/mol. The number of hydrogen-bond donors (Lipinski definition) is 2. The van der Waals surface area contributed by atoms with E-state index in [2.05, 4.69) is 5.32 Å². The van der Waals surface area contributed by atoms with E-state index in [1.54, 1.807) is 4.90 Å². The highest BCUT2D eigenvalue weighted by molar-refractivity contribution is 7.89. The average molecular weight is 306 g/mol. The Morgan fingerprint density at radius 2 is 1.80 bits per heavy atom. The summed E-state index contributed by atoms with van der Waals surface area (Å²) in [6.45, 7) is 2.86. The molecular weight excluding hydrogens is 284 g/mol. The zero-order valence-electron chi connectivity index (χ0n) is 11.7. The third-order valence-corrected chi connectivity index (χ3v) is 5.15. The van der Waals surface area contributed by atoms with Gasteiger partial charge in [-0.25, -0.2) is 8.42 Å². The smallest absolute Gasteiger partial charge is 0.242 e. The molecular formula is C11H22N4O4S. The van der Waals surface area contributed by atoms with Crippen LogP contribution in [0.3, 0.4) is 0 Å². The molecule has 0 aromatic heterocycles. The SMILES string of the molecule is CCCS(=O)(=O)N1CCN(C(=O)CNC(=O)CN)CC1. The Balaban J connectivity index is 2.42. The number of carbonyl (C=O) groups is 2. The van der Waals surface area contributed by atoms with Gasteiger partial charge in [-0.2, -0.15) is 4.31 Å². The van der Waals surface area contributed by atoms with E-state index >= 15 is 0 Å². The largest absolute Gasteiger partial charge is 0.346 e. The number of carbonyl (C=O) groups excluding carboxylic acids is 2. The molecule has 9 heteroatoms. The minimum atomic E-state index is -3.20. The van der Waals surface area contributed by atoms with Crippen molar-refractivity contribution in [3.63, 3.8) is 0 Å².